The van der Waals surface area contributed by atoms with Gasteiger partial charge in [-0.05, 0) is 43.4 Å². The number of carbonyl (C=O) groups is 1. The average Bonchev–Trinajstić information content (AvgIpc) is 2.70. The molecule has 0 aliphatic heterocycles. The van der Waals surface area contributed by atoms with Crippen LogP contribution in [0.2, 0.25) is 0 Å². The Labute approximate surface area is 158 Å². The summed E-state index contributed by atoms with van der Waals surface area (Å²) in [6.07, 6.45) is 3.32. The second kappa shape index (κ2) is 7.35. The van der Waals surface area contributed by atoms with Gasteiger partial charge in [-0.25, -0.2) is 4.68 Å². The number of carbonyl (C=O) groups excluding carboxylic acids is 1. The molecule has 1 aliphatic rings. The SMILES string of the molecule is Cc1nn(CC(=O)NCC2CCCc3ccccc32)c(=O)c2ccccc12. The molecular formula is C22H23N3O2. The normalized spacial score (nSPS) is 16.1. The quantitative estimate of drug-likeness (QED) is 0.777. The second-order valence-corrected chi connectivity index (χ2v) is 7.19. The van der Waals surface area contributed by atoms with Crippen LogP contribution in [0.15, 0.2) is 53.3 Å². The van der Waals surface area contributed by atoms with Crippen LogP contribution < -0.4 is 10.9 Å². The molecule has 0 bridgehead atoms. The van der Waals surface area contributed by atoms with Crippen LogP contribution in [0.5, 0.6) is 0 Å². The predicted molar refractivity (Wildman–Crippen MR) is 106 cm³/mol. The van der Waals surface area contributed by atoms with Crippen LogP contribution in [-0.4, -0.2) is 22.2 Å². The van der Waals surface area contributed by atoms with Crippen molar-refractivity contribution < 1.29 is 4.79 Å². The van der Waals surface area contributed by atoms with Crippen LogP contribution in [0.1, 0.15) is 35.6 Å². The predicted octanol–water partition coefficient (Wildman–Crippen LogP) is 2.94. The van der Waals surface area contributed by atoms with Gasteiger partial charge in [-0.1, -0.05) is 42.5 Å². The highest BCUT2D eigenvalue weighted by Gasteiger charge is 2.20. The lowest BCUT2D eigenvalue weighted by Gasteiger charge is -2.25. The topological polar surface area (TPSA) is 64.0 Å². The van der Waals surface area contributed by atoms with E-state index in [0.29, 0.717) is 17.8 Å². The lowest BCUT2D eigenvalue weighted by Crippen LogP contribution is -2.36. The number of benzene rings is 2. The highest BCUT2D eigenvalue weighted by molar-refractivity contribution is 5.83. The minimum absolute atomic E-state index is 0.0567. The fourth-order valence-corrected chi connectivity index (χ4v) is 4.01. The van der Waals surface area contributed by atoms with Crippen molar-refractivity contribution in [3.8, 4) is 0 Å². The van der Waals surface area contributed by atoms with Crippen LogP contribution >= 0.6 is 0 Å². The number of fused-ring (bicyclic) bond motifs is 2. The van der Waals surface area contributed by atoms with Crippen LogP contribution in [0.25, 0.3) is 10.8 Å². The first kappa shape index (κ1) is 17.5. The molecule has 5 heteroatoms. The lowest BCUT2D eigenvalue weighted by atomic mass is 9.83. The summed E-state index contributed by atoms with van der Waals surface area (Å²) in [5, 5.41) is 8.74. The summed E-state index contributed by atoms with van der Waals surface area (Å²) >= 11 is 0. The van der Waals surface area contributed by atoms with Crippen molar-refractivity contribution in [2.75, 3.05) is 6.54 Å². The van der Waals surface area contributed by atoms with Crippen molar-refractivity contribution in [1.82, 2.24) is 15.1 Å². The zero-order valence-corrected chi connectivity index (χ0v) is 15.4. The Morgan fingerprint density at radius 3 is 2.74 bits per heavy atom. The van der Waals surface area contributed by atoms with E-state index >= 15 is 0 Å². The first-order valence-corrected chi connectivity index (χ1v) is 9.44. The Balaban J connectivity index is 1.47. The zero-order valence-electron chi connectivity index (χ0n) is 15.4. The van der Waals surface area contributed by atoms with Crippen LogP contribution in [0, 0.1) is 6.92 Å². The highest BCUT2D eigenvalue weighted by Crippen LogP contribution is 2.30. The Hall–Kier alpha value is -2.95. The van der Waals surface area contributed by atoms with Gasteiger partial charge in [-0.2, -0.15) is 5.10 Å². The van der Waals surface area contributed by atoms with Crippen molar-refractivity contribution in [3.63, 3.8) is 0 Å². The molecular weight excluding hydrogens is 338 g/mol. The number of nitrogens with one attached hydrogen (secondary N) is 1. The molecule has 1 N–H and O–H groups in total. The molecule has 27 heavy (non-hydrogen) atoms. The van der Waals surface area contributed by atoms with Crippen molar-refractivity contribution in [2.45, 2.75) is 38.6 Å². The molecule has 138 valence electrons. The van der Waals surface area contributed by atoms with E-state index in [2.05, 4.69) is 34.7 Å². The highest BCUT2D eigenvalue weighted by atomic mass is 16.2. The molecule has 1 unspecified atom stereocenters. The van der Waals surface area contributed by atoms with Crippen molar-refractivity contribution >= 4 is 16.7 Å². The monoisotopic (exact) mass is 361 g/mol. The zero-order chi connectivity index (χ0) is 18.8. The molecule has 0 fully saturated rings. The third kappa shape index (κ3) is 3.50. The average molecular weight is 361 g/mol. The van der Waals surface area contributed by atoms with Crippen molar-refractivity contribution in [1.29, 1.82) is 0 Å². The first-order valence-electron chi connectivity index (χ1n) is 9.44. The van der Waals surface area contributed by atoms with Crippen LogP contribution in [-0.2, 0) is 17.8 Å². The molecule has 1 atom stereocenters. The van der Waals surface area contributed by atoms with Crippen LogP contribution in [0.4, 0.5) is 0 Å². The molecule has 1 heterocycles. The lowest BCUT2D eigenvalue weighted by molar-refractivity contribution is -0.122. The summed E-state index contributed by atoms with van der Waals surface area (Å²) in [4.78, 5) is 25.1. The number of hydrogen-bond acceptors (Lipinski definition) is 3. The summed E-state index contributed by atoms with van der Waals surface area (Å²) in [7, 11) is 0. The number of amides is 1. The number of aryl methyl sites for hydroxylation is 2. The van der Waals surface area contributed by atoms with E-state index in [1.54, 1.807) is 6.07 Å². The fraction of sp³-hybridized carbons (Fsp3) is 0.318. The molecule has 1 amide bonds. The van der Waals surface area contributed by atoms with Gasteiger partial charge >= 0.3 is 0 Å². The van der Waals surface area contributed by atoms with E-state index in [4.69, 9.17) is 0 Å². The maximum Gasteiger partial charge on any atom is 0.275 e. The number of rotatable bonds is 4. The molecule has 1 aliphatic carbocycles. The van der Waals surface area contributed by atoms with Gasteiger partial charge in [0.25, 0.3) is 5.56 Å². The van der Waals surface area contributed by atoms with E-state index < -0.39 is 0 Å². The third-order valence-electron chi connectivity index (χ3n) is 5.39. The Morgan fingerprint density at radius 1 is 1.15 bits per heavy atom. The maximum absolute atomic E-state index is 12.6. The van der Waals surface area contributed by atoms with Gasteiger partial charge in [-0.15, -0.1) is 0 Å². The third-order valence-corrected chi connectivity index (χ3v) is 5.39. The van der Waals surface area contributed by atoms with Gasteiger partial charge in [0.1, 0.15) is 6.54 Å². The molecule has 5 nitrogen and oxygen atoms in total. The minimum Gasteiger partial charge on any atom is -0.354 e. The summed E-state index contributed by atoms with van der Waals surface area (Å²) < 4.78 is 1.27. The van der Waals surface area contributed by atoms with Gasteiger partial charge in [0, 0.05) is 17.8 Å². The molecule has 1 aromatic heterocycles. The Kier molecular flexibility index (Phi) is 4.75. The van der Waals surface area contributed by atoms with E-state index in [9.17, 15) is 9.59 Å². The molecule has 3 aromatic rings. The first-order chi connectivity index (χ1) is 13.1. The standard InChI is InChI=1S/C22H23N3O2/c1-15-18-10-4-5-12-20(18)22(27)25(24-15)14-21(26)23-13-17-9-6-8-16-7-2-3-11-19(16)17/h2-5,7,10-12,17H,6,8-9,13-14H2,1H3,(H,23,26). The van der Waals surface area contributed by atoms with Gasteiger partial charge in [0.05, 0.1) is 11.1 Å². The van der Waals surface area contributed by atoms with E-state index in [1.165, 1.54) is 15.8 Å². The molecule has 0 saturated heterocycles. The number of nitrogens with zero attached hydrogens (tertiary/aromatic N) is 2. The fourth-order valence-electron chi connectivity index (χ4n) is 4.01. The van der Waals surface area contributed by atoms with Crippen molar-refractivity contribution in [2.24, 2.45) is 0 Å². The summed E-state index contributed by atoms with van der Waals surface area (Å²) in [5.41, 5.74) is 3.24. The number of hydrogen-bond donors (Lipinski definition) is 1. The Morgan fingerprint density at radius 2 is 1.89 bits per heavy atom. The van der Waals surface area contributed by atoms with Gasteiger partial charge < -0.3 is 5.32 Å². The van der Waals surface area contributed by atoms with Gasteiger partial charge in [0.2, 0.25) is 5.91 Å². The molecule has 0 saturated carbocycles. The smallest absolute Gasteiger partial charge is 0.275 e. The maximum atomic E-state index is 12.6. The Bertz CT molecular complexity index is 1050. The number of aromatic nitrogens is 2. The summed E-state index contributed by atoms with van der Waals surface area (Å²) in [6.45, 7) is 2.39. The van der Waals surface area contributed by atoms with E-state index in [-0.39, 0.29) is 18.0 Å². The van der Waals surface area contributed by atoms with Gasteiger partial charge in [0.15, 0.2) is 0 Å². The largest absolute Gasteiger partial charge is 0.354 e. The van der Waals surface area contributed by atoms with E-state index in [1.807, 2.05) is 25.1 Å². The molecule has 2 aromatic carbocycles. The van der Waals surface area contributed by atoms with Crippen molar-refractivity contribution in [3.05, 3.63) is 75.7 Å². The second-order valence-electron chi connectivity index (χ2n) is 7.19. The molecule has 0 spiro atoms. The minimum atomic E-state index is -0.227. The van der Waals surface area contributed by atoms with E-state index in [0.717, 1.165) is 30.3 Å². The van der Waals surface area contributed by atoms with Crippen LogP contribution in [0.3, 0.4) is 0 Å². The molecule has 4 rings (SSSR count). The summed E-state index contributed by atoms with van der Waals surface area (Å²) in [5.74, 6) is 0.157. The summed E-state index contributed by atoms with van der Waals surface area (Å²) in [6, 6.07) is 15.8. The molecule has 0 radical (unpaired) electrons. The van der Waals surface area contributed by atoms with Gasteiger partial charge in [-0.3, -0.25) is 9.59 Å².